The maximum Gasteiger partial charge on any atom is 0.271 e. The Bertz CT molecular complexity index is 1640. The Morgan fingerprint density at radius 2 is 1.77 bits per heavy atom. The Hall–Kier alpha value is -4.63. The van der Waals surface area contributed by atoms with Gasteiger partial charge in [-0.1, -0.05) is 0 Å². The first-order valence-electron chi connectivity index (χ1n) is 16.0. The number of hydrogen-bond donors (Lipinski definition) is 1. The van der Waals surface area contributed by atoms with Crippen molar-refractivity contribution in [1.82, 2.24) is 34.4 Å². The first-order chi connectivity index (χ1) is 22.9. The molecule has 0 bridgehead atoms. The molecule has 1 saturated carbocycles. The van der Waals surface area contributed by atoms with E-state index in [0.717, 1.165) is 67.7 Å². The molecule has 0 spiro atoms. The predicted molar refractivity (Wildman–Crippen MR) is 177 cm³/mol. The number of imidazole rings is 1. The molecule has 1 aliphatic carbocycles. The van der Waals surface area contributed by atoms with Gasteiger partial charge < -0.3 is 38.6 Å². The van der Waals surface area contributed by atoms with E-state index in [2.05, 4.69) is 35.2 Å². The Morgan fingerprint density at radius 3 is 2.47 bits per heavy atom. The van der Waals surface area contributed by atoms with Gasteiger partial charge in [0.25, 0.3) is 5.95 Å². The highest BCUT2D eigenvalue weighted by atomic mass is 16.5. The number of pyridine rings is 2. The summed E-state index contributed by atoms with van der Waals surface area (Å²) in [6, 6.07) is 4.14. The van der Waals surface area contributed by atoms with Gasteiger partial charge in [0.15, 0.2) is 5.75 Å². The van der Waals surface area contributed by atoms with Crippen molar-refractivity contribution in [2.45, 2.75) is 50.9 Å². The maximum absolute atomic E-state index is 11.0. The van der Waals surface area contributed by atoms with E-state index in [1.54, 1.807) is 36.4 Å². The second-order valence-corrected chi connectivity index (χ2v) is 12.1. The third-order valence-corrected chi connectivity index (χ3v) is 8.47. The first-order valence-corrected chi connectivity index (χ1v) is 16.0. The maximum atomic E-state index is 11.0. The molecule has 15 nitrogen and oxygen atoms in total. The molecule has 1 N–H and O–H groups in total. The lowest BCUT2D eigenvalue weighted by atomic mass is 9.93. The fraction of sp³-hybridized carbons (Fsp3) is 0.531. The number of rotatable bonds is 13. The molecule has 4 aromatic heterocycles. The molecule has 250 valence electrons. The summed E-state index contributed by atoms with van der Waals surface area (Å²) in [5, 5.41) is 7.20. The van der Waals surface area contributed by atoms with E-state index in [-0.39, 0.29) is 18.1 Å². The van der Waals surface area contributed by atoms with Crippen molar-refractivity contribution in [2.24, 2.45) is 12.2 Å². The average Bonchev–Trinajstić information content (AvgIpc) is 3.47. The quantitative estimate of drug-likeness (QED) is 0.206. The lowest BCUT2D eigenvalue weighted by molar-refractivity contribution is 0.122. The van der Waals surface area contributed by atoms with Crippen molar-refractivity contribution in [2.75, 3.05) is 63.8 Å². The molecule has 15 heteroatoms. The summed E-state index contributed by atoms with van der Waals surface area (Å²) in [6.45, 7) is 6.10. The van der Waals surface area contributed by atoms with Crippen LogP contribution >= 0.6 is 0 Å². The van der Waals surface area contributed by atoms with Crippen LogP contribution in [0.1, 0.15) is 44.4 Å². The second kappa shape index (κ2) is 14.9. The molecule has 2 fully saturated rings. The molecule has 0 radical (unpaired) electrons. The van der Waals surface area contributed by atoms with Crippen LogP contribution in [0, 0.1) is 4.91 Å². The van der Waals surface area contributed by atoms with Crippen molar-refractivity contribution in [3.8, 4) is 17.4 Å². The number of anilines is 2. The highest BCUT2D eigenvalue weighted by Gasteiger charge is 2.26. The van der Waals surface area contributed by atoms with Crippen LogP contribution < -0.4 is 24.4 Å². The van der Waals surface area contributed by atoms with Gasteiger partial charge in [-0.15, -0.1) is 4.91 Å². The third kappa shape index (κ3) is 8.03. The predicted octanol–water partition coefficient (Wildman–Crippen LogP) is 4.27. The van der Waals surface area contributed by atoms with Crippen LogP contribution in [0.25, 0.3) is 10.9 Å². The van der Waals surface area contributed by atoms with Crippen LogP contribution in [0.2, 0.25) is 0 Å². The summed E-state index contributed by atoms with van der Waals surface area (Å²) >= 11 is 0. The Morgan fingerprint density at radius 1 is 1.02 bits per heavy atom. The Labute approximate surface area is 273 Å². The summed E-state index contributed by atoms with van der Waals surface area (Å²) in [7, 11) is 5.75. The monoisotopic (exact) mass is 646 g/mol. The number of nitroso groups, excluding NO2 is 1. The van der Waals surface area contributed by atoms with Crippen molar-refractivity contribution in [3.63, 3.8) is 0 Å². The SMILES string of the molecule is CC(Oc1cnc2cc(N3CCOCC3)nc(OC3CCC(Nc4ncc(OCCN(C)C)cn4)CC3)c2c1)c1cnc(N=O)n1C. The summed E-state index contributed by atoms with van der Waals surface area (Å²) in [5.41, 5.74) is 1.49. The zero-order valence-corrected chi connectivity index (χ0v) is 27.3. The second-order valence-electron chi connectivity index (χ2n) is 12.1. The van der Waals surface area contributed by atoms with Gasteiger partial charge in [0.05, 0.1) is 54.6 Å². The van der Waals surface area contributed by atoms with Gasteiger partial charge in [0, 0.05) is 44.0 Å². The van der Waals surface area contributed by atoms with Gasteiger partial charge in [-0.3, -0.25) is 4.98 Å². The Kier molecular flexibility index (Phi) is 10.2. The summed E-state index contributed by atoms with van der Waals surface area (Å²) in [6.07, 6.45) is 9.81. The minimum absolute atomic E-state index is 0.00992. The van der Waals surface area contributed by atoms with Crippen LogP contribution in [0.4, 0.5) is 17.7 Å². The molecular weight excluding hydrogens is 604 g/mol. The van der Waals surface area contributed by atoms with E-state index in [9.17, 15) is 4.91 Å². The van der Waals surface area contributed by atoms with Gasteiger partial charge >= 0.3 is 0 Å². The van der Waals surface area contributed by atoms with E-state index in [1.165, 1.54) is 0 Å². The zero-order valence-electron chi connectivity index (χ0n) is 27.3. The van der Waals surface area contributed by atoms with E-state index < -0.39 is 6.10 Å². The van der Waals surface area contributed by atoms with Crippen molar-refractivity contribution < 1.29 is 18.9 Å². The lowest BCUT2D eigenvalue weighted by Crippen LogP contribution is -2.37. The third-order valence-electron chi connectivity index (χ3n) is 8.47. The van der Waals surface area contributed by atoms with E-state index in [1.807, 2.05) is 33.2 Å². The fourth-order valence-electron chi connectivity index (χ4n) is 5.79. The molecule has 6 rings (SSSR count). The van der Waals surface area contributed by atoms with Crippen LogP contribution in [0.3, 0.4) is 0 Å². The van der Waals surface area contributed by atoms with Crippen molar-refractivity contribution in [3.05, 3.63) is 47.5 Å². The number of nitrogens with zero attached hydrogens (tertiary/aromatic N) is 9. The molecule has 1 atom stereocenters. The molecule has 1 unspecified atom stereocenters. The van der Waals surface area contributed by atoms with Crippen molar-refractivity contribution in [1.29, 1.82) is 0 Å². The van der Waals surface area contributed by atoms with E-state index in [4.69, 9.17) is 28.9 Å². The molecule has 4 aromatic rings. The zero-order chi connectivity index (χ0) is 32.8. The molecule has 0 amide bonds. The Balaban J connectivity index is 1.14. The van der Waals surface area contributed by atoms with E-state index in [0.29, 0.717) is 43.1 Å². The molecule has 1 aliphatic heterocycles. The van der Waals surface area contributed by atoms with Crippen molar-refractivity contribution >= 4 is 28.6 Å². The number of morpholine rings is 1. The van der Waals surface area contributed by atoms with Gasteiger partial charge in [0.2, 0.25) is 11.8 Å². The smallest absolute Gasteiger partial charge is 0.271 e. The van der Waals surface area contributed by atoms with Crippen LogP contribution in [-0.4, -0.2) is 100 Å². The number of hydrogen-bond acceptors (Lipinski definition) is 14. The molecule has 47 heavy (non-hydrogen) atoms. The average molecular weight is 647 g/mol. The number of nitrogens with one attached hydrogen (secondary N) is 1. The molecular formula is C32H42N10O5. The van der Waals surface area contributed by atoms with E-state index >= 15 is 0 Å². The van der Waals surface area contributed by atoms with Crippen LogP contribution in [-0.2, 0) is 11.8 Å². The van der Waals surface area contributed by atoms with Gasteiger partial charge in [-0.2, -0.15) is 4.98 Å². The first kappa shape index (κ1) is 32.3. The normalized spacial score (nSPS) is 19.0. The standard InChI is InChI=1S/C32H42N10O5/c1-21(28-20-36-32(39-43)41(28)4)46-24-15-26-27(33-17-24)16-29(42-10-12-44-13-11-42)38-30(26)47-23-7-5-22(6-8-23)37-31-34-18-25(19-35-31)45-14-9-40(2)3/h15-23H,5-14H2,1-4H3,(H,34,35,37). The number of likely N-dealkylation sites (N-methyl/N-ethyl adjacent to an activating group) is 1. The summed E-state index contributed by atoms with van der Waals surface area (Å²) in [4.78, 5) is 38.0. The summed E-state index contributed by atoms with van der Waals surface area (Å²) < 4.78 is 25.8. The van der Waals surface area contributed by atoms with Crippen LogP contribution in [0.5, 0.6) is 17.4 Å². The largest absolute Gasteiger partial charge is 0.489 e. The number of aromatic nitrogens is 6. The highest BCUT2D eigenvalue weighted by molar-refractivity contribution is 5.87. The minimum Gasteiger partial charge on any atom is -0.489 e. The number of ether oxygens (including phenoxy) is 4. The van der Waals surface area contributed by atoms with Gasteiger partial charge in [-0.05, 0) is 52.8 Å². The highest BCUT2D eigenvalue weighted by Crippen LogP contribution is 2.34. The van der Waals surface area contributed by atoms with Gasteiger partial charge in [0.1, 0.15) is 30.4 Å². The molecule has 1 saturated heterocycles. The molecule has 5 heterocycles. The lowest BCUT2D eigenvalue weighted by Gasteiger charge is -2.31. The minimum atomic E-state index is -0.397. The molecule has 0 aromatic carbocycles. The fourth-order valence-corrected chi connectivity index (χ4v) is 5.79. The molecule has 2 aliphatic rings. The topological polar surface area (TPSA) is 154 Å². The van der Waals surface area contributed by atoms with Crippen LogP contribution in [0.15, 0.2) is 42.1 Å². The summed E-state index contributed by atoms with van der Waals surface area (Å²) in [5.74, 6) is 3.26. The number of fused-ring (bicyclic) bond motifs is 1. The van der Waals surface area contributed by atoms with Gasteiger partial charge in [-0.25, -0.2) is 15.0 Å².